The second-order valence-corrected chi connectivity index (χ2v) is 6.72. The van der Waals surface area contributed by atoms with Crippen molar-refractivity contribution in [3.8, 4) is 0 Å². The van der Waals surface area contributed by atoms with Crippen LogP contribution in [0.1, 0.15) is 40.6 Å². The molecule has 0 saturated carbocycles. The van der Waals surface area contributed by atoms with Gasteiger partial charge in [-0.05, 0) is 29.8 Å². The monoisotopic (exact) mass is 380 g/mol. The molecule has 0 amide bonds. The summed E-state index contributed by atoms with van der Waals surface area (Å²) in [7, 11) is 1.70. The number of aliphatic imine (C=N–C) groups is 1. The van der Waals surface area contributed by atoms with E-state index in [1.165, 1.54) is 47.4 Å². The van der Waals surface area contributed by atoms with Crippen LogP contribution in [0.15, 0.2) is 47.7 Å². The molecule has 0 radical (unpaired) electrons. The Morgan fingerprint density at radius 2 is 2.00 bits per heavy atom. The highest BCUT2D eigenvalue weighted by molar-refractivity contribution is 6.21. The summed E-state index contributed by atoms with van der Waals surface area (Å²) in [5.41, 5.74) is 1.91. The average molecular weight is 380 g/mol. The molecule has 28 heavy (non-hydrogen) atoms. The molecule has 2 aliphatic heterocycles. The number of carbonyl (C=O) groups is 1. The van der Waals surface area contributed by atoms with Crippen molar-refractivity contribution in [3.63, 3.8) is 0 Å². The maximum Gasteiger partial charge on any atom is 0.185 e. The summed E-state index contributed by atoms with van der Waals surface area (Å²) in [5, 5.41) is 7.18. The van der Waals surface area contributed by atoms with Crippen molar-refractivity contribution in [3.05, 3.63) is 76.9 Å². The van der Waals surface area contributed by atoms with E-state index in [1.54, 1.807) is 7.05 Å². The summed E-state index contributed by atoms with van der Waals surface area (Å²) in [6, 6.07) is 6.38. The van der Waals surface area contributed by atoms with E-state index in [-0.39, 0.29) is 17.9 Å². The van der Waals surface area contributed by atoms with Crippen molar-refractivity contribution in [2.75, 3.05) is 11.9 Å². The molecule has 2 unspecified atom stereocenters. The molecule has 0 saturated heterocycles. The van der Waals surface area contributed by atoms with Crippen LogP contribution >= 0.6 is 0 Å². The molecule has 8 heteroatoms. The zero-order valence-electron chi connectivity index (χ0n) is 15.8. The molecular formula is C20H15F2N5O. The SMILES string of the molecule is [2H]C1(c2ccc(F)cc2)Nc2cc(F)cc3c2C(=NCC3=O)C1c1ncnn1C. The minimum Gasteiger partial charge on any atom is -0.376 e. The topological polar surface area (TPSA) is 72.2 Å². The fraction of sp³-hybridized carbons (Fsp3) is 0.200. The third-order valence-electron chi connectivity index (χ3n) is 5.04. The molecular weight excluding hydrogens is 364 g/mol. The Bertz CT molecular complexity index is 1190. The lowest BCUT2D eigenvalue weighted by Gasteiger charge is -2.37. The first-order valence-electron chi connectivity index (χ1n) is 9.18. The van der Waals surface area contributed by atoms with Crippen LogP contribution in [0.4, 0.5) is 14.5 Å². The van der Waals surface area contributed by atoms with Gasteiger partial charge in [0.05, 0.1) is 19.0 Å². The third kappa shape index (κ3) is 2.45. The van der Waals surface area contributed by atoms with Gasteiger partial charge in [0.15, 0.2) is 5.78 Å². The molecule has 2 aromatic carbocycles. The second-order valence-electron chi connectivity index (χ2n) is 6.72. The Hall–Kier alpha value is -3.42. The number of ketones is 1. The molecule has 3 aromatic rings. The summed E-state index contributed by atoms with van der Waals surface area (Å²) in [5.74, 6) is -1.62. The van der Waals surface area contributed by atoms with Crippen LogP contribution in [-0.2, 0) is 7.05 Å². The Kier molecular flexibility index (Phi) is 3.37. The van der Waals surface area contributed by atoms with E-state index >= 15 is 0 Å². The van der Waals surface area contributed by atoms with Crippen LogP contribution in [0.25, 0.3) is 0 Å². The van der Waals surface area contributed by atoms with E-state index in [1.807, 2.05) is 0 Å². The number of hydrogen-bond acceptors (Lipinski definition) is 5. The third-order valence-corrected chi connectivity index (χ3v) is 5.04. The lowest BCUT2D eigenvalue weighted by atomic mass is 9.78. The first kappa shape index (κ1) is 15.6. The van der Waals surface area contributed by atoms with Crippen LogP contribution in [0, 0.1) is 11.6 Å². The van der Waals surface area contributed by atoms with Gasteiger partial charge in [0.25, 0.3) is 0 Å². The van der Waals surface area contributed by atoms with Crippen molar-refractivity contribution in [2.45, 2.75) is 11.9 Å². The molecule has 5 rings (SSSR count). The lowest BCUT2D eigenvalue weighted by molar-refractivity contribution is 0.0999. The molecule has 2 atom stereocenters. The van der Waals surface area contributed by atoms with Crippen molar-refractivity contribution in [1.82, 2.24) is 14.8 Å². The van der Waals surface area contributed by atoms with Crippen molar-refractivity contribution in [2.24, 2.45) is 12.0 Å². The Balaban J connectivity index is 1.82. The Morgan fingerprint density at radius 3 is 2.71 bits per heavy atom. The molecule has 2 aliphatic rings. The normalized spacial score (nSPS) is 23.5. The molecule has 1 N–H and O–H groups in total. The number of benzene rings is 2. The summed E-state index contributed by atoms with van der Waals surface area (Å²) < 4.78 is 38.6. The van der Waals surface area contributed by atoms with Gasteiger partial charge in [-0.1, -0.05) is 12.1 Å². The second kappa shape index (κ2) is 6.05. The van der Waals surface area contributed by atoms with E-state index in [0.29, 0.717) is 28.4 Å². The molecule has 0 bridgehead atoms. The number of nitrogens with zero attached hydrogens (tertiary/aromatic N) is 4. The van der Waals surface area contributed by atoms with E-state index in [4.69, 9.17) is 0 Å². The number of halogens is 2. The standard InChI is InChI=1S/C20H15F2N5O/c1-27-20(24-9-25-27)17-18(10-2-4-11(21)5-3-10)26-14-7-12(22)6-13-15(28)8-23-19(17)16(13)14/h2-7,9,17-18,26H,8H2,1H3/i18D. The predicted octanol–water partition coefficient (Wildman–Crippen LogP) is 3.03. The summed E-state index contributed by atoms with van der Waals surface area (Å²) >= 11 is 0. The summed E-state index contributed by atoms with van der Waals surface area (Å²) in [6.45, 7) is -0.140. The molecule has 6 nitrogen and oxygen atoms in total. The zero-order chi connectivity index (χ0) is 20.3. The highest BCUT2D eigenvalue weighted by Gasteiger charge is 2.42. The maximum absolute atomic E-state index is 14.2. The lowest BCUT2D eigenvalue weighted by Crippen LogP contribution is -2.37. The van der Waals surface area contributed by atoms with Gasteiger partial charge < -0.3 is 5.32 Å². The Morgan fingerprint density at radius 1 is 1.21 bits per heavy atom. The number of carbonyl (C=O) groups excluding carboxylic acids is 1. The van der Waals surface area contributed by atoms with Gasteiger partial charge in [-0.3, -0.25) is 14.5 Å². The van der Waals surface area contributed by atoms with Gasteiger partial charge in [0.2, 0.25) is 0 Å². The zero-order valence-corrected chi connectivity index (χ0v) is 14.8. The van der Waals surface area contributed by atoms with Gasteiger partial charge in [-0.25, -0.2) is 13.8 Å². The van der Waals surface area contributed by atoms with Crippen molar-refractivity contribution < 1.29 is 14.9 Å². The maximum atomic E-state index is 14.2. The van der Waals surface area contributed by atoms with Crippen LogP contribution in [0.3, 0.4) is 0 Å². The number of Topliss-reactive ketones (excluding diaryl/α,β-unsaturated/α-hetero) is 1. The number of rotatable bonds is 2. The quantitative estimate of drug-likeness (QED) is 0.742. The van der Waals surface area contributed by atoms with Crippen LogP contribution < -0.4 is 5.32 Å². The van der Waals surface area contributed by atoms with Gasteiger partial charge in [0.1, 0.15) is 30.3 Å². The summed E-state index contributed by atoms with van der Waals surface area (Å²) in [4.78, 5) is 21.2. The van der Waals surface area contributed by atoms with Crippen LogP contribution in [-0.4, -0.2) is 32.8 Å². The largest absolute Gasteiger partial charge is 0.376 e. The smallest absolute Gasteiger partial charge is 0.185 e. The number of nitrogens with one attached hydrogen (secondary N) is 1. The molecule has 3 heterocycles. The van der Waals surface area contributed by atoms with Crippen LogP contribution in [0.5, 0.6) is 0 Å². The number of anilines is 1. The highest BCUT2D eigenvalue weighted by Crippen LogP contribution is 2.44. The molecule has 0 aliphatic carbocycles. The number of aromatic nitrogens is 3. The van der Waals surface area contributed by atoms with Crippen LogP contribution in [0.2, 0.25) is 0 Å². The average Bonchev–Trinajstić information content (AvgIpc) is 3.09. The first-order valence-corrected chi connectivity index (χ1v) is 8.68. The molecule has 0 spiro atoms. The van der Waals surface area contributed by atoms with E-state index in [2.05, 4.69) is 20.4 Å². The molecule has 1 aromatic heterocycles. The Labute approximate surface area is 160 Å². The van der Waals surface area contributed by atoms with E-state index in [0.717, 1.165) is 0 Å². The van der Waals surface area contributed by atoms with Crippen molar-refractivity contribution >= 4 is 17.2 Å². The number of hydrogen-bond donors (Lipinski definition) is 1. The van der Waals surface area contributed by atoms with E-state index in [9.17, 15) is 14.9 Å². The van der Waals surface area contributed by atoms with Gasteiger partial charge in [-0.2, -0.15) is 5.10 Å². The van der Waals surface area contributed by atoms with Gasteiger partial charge in [-0.15, -0.1) is 0 Å². The summed E-state index contributed by atoms with van der Waals surface area (Å²) in [6.07, 6.45) is 1.37. The molecule has 140 valence electrons. The van der Waals surface area contributed by atoms with Crippen molar-refractivity contribution in [1.29, 1.82) is 0 Å². The van der Waals surface area contributed by atoms with Gasteiger partial charge >= 0.3 is 0 Å². The minimum atomic E-state index is -1.58. The highest BCUT2D eigenvalue weighted by atomic mass is 19.1. The van der Waals surface area contributed by atoms with Gasteiger partial charge in [0, 0.05) is 23.9 Å². The molecule has 0 fully saturated rings. The van der Waals surface area contributed by atoms with E-state index < -0.39 is 23.6 Å². The fourth-order valence-electron chi connectivity index (χ4n) is 3.80. The first-order chi connectivity index (χ1) is 13.9. The predicted molar refractivity (Wildman–Crippen MR) is 98.6 cm³/mol. The number of aryl methyl sites for hydroxylation is 1. The fourth-order valence-corrected chi connectivity index (χ4v) is 3.80. The minimum absolute atomic E-state index is 0.140.